The molecule has 0 N–H and O–H groups in total. The maximum atomic E-state index is 13.6. The topological polar surface area (TPSA) is 29.5 Å². The molecule has 0 aromatic heterocycles. The second kappa shape index (κ2) is 7.06. The van der Waals surface area contributed by atoms with Gasteiger partial charge in [0, 0.05) is 17.4 Å². The lowest BCUT2D eigenvalue weighted by Crippen LogP contribution is -2.30. The number of carbonyl (C=O) groups is 1. The van der Waals surface area contributed by atoms with Crippen LogP contribution in [0.2, 0.25) is 5.02 Å². The van der Waals surface area contributed by atoms with E-state index in [1.165, 1.54) is 11.0 Å². The molecular weight excluding hydrogens is 342 g/mol. The largest absolute Gasteiger partial charge is 0.345 e. The molecule has 1 fully saturated rings. The fraction of sp³-hybridized carbons (Fsp3) is 0.500. The smallest absolute Gasteiger partial charge is 0.333 e. The van der Waals surface area contributed by atoms with Crippen molar-refractivity contribution in [1.29, 1.82) is 0 Å². The zero-order chi connectivity index (χ0) is 16.4. The molecule has 22 heavy (non-hydrogen) atoms. The molecule has 2 atom stereocenters. The molecule has 1 saturated heterocycles. The predicted octanol–water partition coefficient (Wildman–Crippen LogP) is 4.12. The van der Waals surface area contributed by atoms with Crippen molar-refractivity contribution in [2.45, 2.75) is 38.0 Å². The summed E-state index contributed by atoms with van der Waals surface area (Å²) < 4.78 is 42.5. The summed E-state index contributed by atoms with van der Waals surface area (Å²) in [6, 6.07) is 1.85. The van der Waals surface area contributed by atoms with Crippen LogP contribution in [0.4, 0.5) is 13.2 Å². The fourth-order valence-electron chi connectivity index (χ4n) is 2.61. The number of carbonyl (C=O) groups excluding carboxylic acids is 1. The highest BCUT2D eigenvalue weighted by molar-refractivity contribution is 6.32. The molecule has 1 aromatic carbocycles. The van der Waals surface area contributed by atoms with Crippen molar-refractivity contribution in [2.24, 2.45) is 0 Å². The average molecular weight is 356 g/mol. The van der Waals surface area contributed by atoms with Crippen molar-refractivity contribution in [3.63, 3.8) is 0 Å². The molecule has 1 aliphatic rings. The number of hydrogen-bond donors (Lipinski definition) is 0. The van der Waals surface area contributed by atoms with Crippen molar-refractivity contribution in [1.82, 2.24) is 4.90 Å². The van der Waals surface area contributed by atoms with Gasteiger partial charge in [0.05, 0.1) is 18.6 Å². The quantitative estimate of drug-likeness (QED) is 0.743. The highest BCUT2D eigenvalue weighted by Crippen LogP contribution is 2.33. The van der Waals surface area contributed by atoms with Gasteiger partial charge in [-0.3, -0.25) is 4.79 Å². The monoisotopic (exact) mass is 355 g/mol. The number of alkyl halides is 3. The van der Waals surface area contributed by atoms with Gasteiger partial charge in [0.25, 0.3) is 0 Å². The van der Waals surface area contributed by atoms with Crippen molar-refractivity contribution in [3.8, 4) is 0 Å². The molecule has 3 nitrogen and oxygen atoms in total. The molecule has 0 radical (unpaired) electrons. The Kier molecular flexibility index (Phi) is 5.58. The van der Waals surface area contributed by atoms with E-state index in [4.69, 9.17) is 23.2 Å². The Morgan fingerprint density at radius 2 is 2.14 bits per heavy atom. The van der Waals surface area contributed by atoms with E-state index in [1.807, 2.05) is 0 Å². The molecule has 0 aliphatic carbocycles. The Morgan fingerprint density at radius 1 is 1.45 bits per heavy atom. The van der Waals surface area contributed by atoms with E-state index in [1.54, 1.807) is 6.92 Å². The van der Waals surface area contributed by atoms with Crippen LogP contribution in [0.1, 0.15) is 30.5 Å². The highest BCUT2D eigenvalue weighted by Gasteiger charge is 2.36. The first kappa shape index (κ1) is 17.4. The van der Waals surface area contributed by atoms with E-state index in [-0.39, 0.29) is 29.8 Å². The number of benzene rings is 1. The molecule has 2 rings (SSSR count). The summed E-state index contributed by atoms with van der Waals surface area (Å²) in [5.74, 6) is -0.829. The minimum atomic E-state index is -2.94. The van der Waals surface area contributed by atoms with Crippen LogP contribution in [0, 0.1) is 5.82 Å². The van der Waals surface area contributed by atoms with Gasteiger partial charge in [-0.2, -0.15) is 8.78 Å². The van der Waals surface area contributed by atoms with Crippen molar-refractivity contribution in [2.75, 3.05) is 6.54 Å². The van der Waals surface area contributed by atoms with Gasteiger partial charge >= 0.3 is 6.61 Å². The van der Waals surface area contributed by atoms with Crippen molar-refractivity contribution in [3.05, 3.63) is 34.1 Å². The molecule has 1 aliphatic heterocycles. The van der Waals surface area contributed by atoms with Crippen LogP contribution >= 0.6 is 23.2 Å². The molecular formula is C14H14Cl2F3NO2. The van der Waals surface area contributed by atoms with E-state index >= 15 is 0 Å². The van der Waals surface area contributed by atoms with Gasteiger partial charge in [-0.25, -0.2) is 4.39 Å². The van der Waals surface area contributed by atoms with E-state index in [9.17, 15) is 18.0 Å². The summed E-state index contributed by atoms with van der Waals surface area (Å²) in [5, 5.41) is 0.170. The van der Waals surface area contributed by atoms with E-state index in [2.05, 4.69) is 4.74 Å². The van der Waals surface area contributed by atoms with Gasteiger partial charge < -0.3 is 9.64 Å². The van der Waals surface area contributed by atoms with Crippen LogP contribution in [-0.4, -0.2) is 30.1 Å². The standard InChI is InChI=1S/C14H14Cl2F3NO2/c1-7(10-2-8(17)3-12(16)11(10)5-15)20-6-9(4-13(20)21)22-14(18)19/h2-3,7,9,14H,4-6H2,1H3/t7?,9-/m0/s1. The highest BCUT2D eigenvalue weighted by atomic mass is 35.5. The van der Waals surface area contributed by atoms with Crippen LogP contribution in [0.25, 0.3) is 0 Å². The number of hydrogen-bond acceptors (Lipinski definition) is 2. The number of amides is 1. The third-order valence-electron chi connectivity index (χ3n) is 3.66. The zero-order valence-electron chi connectivity index (χ0n) is 11.7. The third kappa shape index (κ3) is 3.67. The first-order valence-corrected chi connectivity index (χ1v) is 7.51. The van der Waals surface area contributed by atoms with Crippen LogP contribution in [0.5, 0.6) is 0 Å². The summed E-state index contributed by atoms with van der Waals surface area (Å²) >= 11 is 11.8. The second-order valence-electron chi connectivity index (χ2n) is 5.03. The maximum absolute atomic E-state index is 13.6. The Morgan fingerprint density at radius 3 is 2.73 bits per heavy atom. The minimum absolute atomic E-state index is 0.0141. The van der Waals surface area contributed by atoms with E-state index in [0.717, 1.165) is 6.07 Å². The number of likely N-dealkylation sites (tertiary alicyclic amines) is 1. The van der Waals surface area contributed by atoms with Crippen molar-refractivity contribution >= 4 is 29.1 Å². The molecule has 122 valence electrons. The van der Waals surface area contributed by atoms with Crippen molar-refractivity contribution < 1.29 is 22.7 Å². The molecule has 1 amide bonds. The minimum Gasteiger partial charge on any atom is -0.333 e. The second-order valence-corrected chi connectivity index (χ2v) is 5.71. The Hall–Kier alpha value is -0.980. The molecule has 1 aromatic rings. The Bertz CT molecular complexity index is 571. The summed E-state index contributed by atoms with van der Waals surface area (Å²) in [6.07, 6.45) is -1.01. The molecule has 1 heterocycles. The maximum Gasteiger partial charge on any atom is 0.345 e. The molecule has 0 spiro atoms. The zero-order valence-corrected chi connectivity index (χ0v) is 13.2. The van der Waals surface area contributed by atoms with Gasteiger partial charge in [-0.15, -0.1) is 11.6 Å². The number of ether oxygens (including phenoxy) is 1. The number of rotatable bonds is 5. The Balaban J connectivity index is 2.25. The molecule has 0 saturated carbocycles. The first-order valence-electron chi connectivity index (χ1n) is 6.60. The van der Waals surface area contributed by atoms with E-state index < -0.39 is 24.6 Å². The lowest BCUT2D eigenvalue weighted by atomic mass is 10.0. The molecule has 1 unspecified atom stereocenters. The SMILES string of the molecule is CC(c1cc(F)cc(Cl)c1CCl)N1C[C@@H](OC(F)F)CC1=O. The summed E-state index contributed by atoms with van der Waals surface area (Å²) in [6.45, 7) is -1.25. The van der Waals surface area contributed by atoms with E-state index in [0.29, 0.717) is 11.1 Å². The van der Waals surface area contributed by atoms with Crippen LogP contribution in [0.15, 0.2) is 12.1 Å². The summed E-state index contributed by atoms with van der Waals surface area (Å²) in [4.78, 5) is 13.4. The number of nitrogens with zero attached hydrogens (tertiary/aromatic N) is 1. The van der Waals surface area contributed by atoms with Crippen LogP contribution < -0.4 is 0 Å². The van der Waals surface area contributed by atoms with Gasteiger partial charge in [-0.1, -0.05) is 11.6 Å². The lowest BCUT2D eigenvalue weighted by molar-refractivity contribution is -0.159. The molecule has 8 heteroatoms. The summed E-state index contributed by atoms with van der Waals surface area (Å²) in [5.41, 5.74) is 0.981. The first-order chi connectivity index (χ1) is 10.3. The lowest BCUT2D eigenvalue weighted by Gasteiger charge is -2.27. The molecule has 0 bridgehead atoms. The summed E-state index contributed by atoms with van der Waals surface area (Å²) in [7, 11) is 0. The average Bonchev–Trinajstić information content (AvgIpc) is 2.77. The van der Waals surface area contributed by atoms with Gasteiger partial charge in [0.2, 0.25) is 5.91 Å². The fourth-order valence-corrected chi connectivity index (χ4v) is 3.26. The Labute approximate surface area is 135 Å². The van der Waals surface area contributed by atoms with Crippen LogP contribution in [-0.2, 0) is 15.4 Å². The van der Waals surface area contributed by atoms with Crippen LogP contribution in [0.3, 0.4) is 0 Å². The van der Waals surface area contributed by atoms with Gasteiger partial charge in [0.1, 0.15) is 5.82 Å². The number of halogens is 5. The third-order valence-corrected chi connectivity index (χ3v) is 4.27. The predicted molar refractivity (Wildman–Crippen MR) is 76.6 cm³/mol. The van der Waals surface area contributed by atoms with Gasteiger partial charge in [-0.05, 0) is 30.2 Å². The van der Waals surface area contributed by atoms with Gasteiger partial charge in [0.15, 0.2) is 0 Å². The normalized spacial score (nSPS) is 20.0.